The average molecular weight is 190 g/mol. The molecule has 68 valence electrons. The molecule has 1 aromatic heterocycles. The van der Waals surface area contributed by atoms with Gasteiger partial charge in [-0.1, -0.05) is 30.6 Å². The molecule has 0 bridgehead atoms. The molecule has 0 unspecified atom stereocenters. The first-order valence-corrected chi connectivity index (χ1v) is 4.43. The van der Waals surface area contributed by atoms with Gasteiger partial charge < -0.3 is 9.63 Å². The second-order valence-corrected chi connectivity index (χ2v) is 2.92. The van der Waals surface area contributed by atoms with Crippen LogP contribution >= 0.6 is 11.6 Å². The summed E-state index contributed by atoms with van der Waals surface area (Å²) >= 11 is 5.57. The Kier molecular flexibility index (Phi) is 3.12. The minimum Gasteiger partial charge on any atom is -0.373 e. The predicted molar refractivity (Wildman–Crippen MR) is 46.1 cm³/mol. The highest BCUT2D eigenvalue weighted by Crippen LogP contribution is 2.25. The standard InChI is InChI=1S/C8H12ClNO2/c1-3-5-7(8(9)11)6(4-2)12-10-5/h8,11H,3-4H2,1-2H3/t8-/m1/s1. The second kappa shape index (κ2) is 3.92. The maximum atomic E-state index is 9.20. The molecule has 0 spiro atoms. The summed E-state index contributed by atoms with van der Waals surface area (Å²) in [4.78, 5) is 0. The number of aliphatic hydroxyl groups excluding tert-OH is 1. The molecule has 3 nitrogen and oxygen atoms in total. The van der Waals surface area contributed by atoms with Crippen LogP contribution in [0.3, 0.4) is 0 Å². The molecule has 0 aliphatic carbocycles. The summed E-state index contributed by atoms with van der Waals surface area (Å²) in [6, 6.07) is 0. The average Bonchev–Trinajstić information content (AvgIpc) is 2.46. The summed E-state index contributed by atoms with van der Waals surface area (Å²) in [6.07, 6.45) is 1.43. The SMILES string of the molecule is CCc1noc(CC)c1[C@@H](O)Cl. The van der Waals surface area contributed by atoms with Gasteiger partial charge in [0.15, 0.2) is 5.56 Å². The number of aliphatic hydroxyl groups is 1. The van der Waals surface area contributed by atoms with Gasteiger partial charge in [0.25, 0.3) is 0 Å². The first-order chi connectivity index (χ1) is 5.70. The Morgan fingerprint density at radius 3 is 2.58 bits per heavy atom. The van der Waals surface area contributed by atoms with E-state index in [1.807, 2.05) is 13.8 Å². The Labute approximate surface area is 76.3 Å². The third kappa shape index (κ3) is 1.62. The van der Waals surface area contributed by atoms with Crippen LogP contribution in [0.1, 0.15) is 36.4 Å². The van der Waals surface area contributed by atoms with Crippen molar-refractivity contribution in [3.8, 4) is 0 Å². The van der Waals surface area contributed by atoms with E-state index in [-0.39, 0.29) is 0 Å². The summed E-state index contributed by atoms with van der Waals surface area (Å²) in [5.74, 6) is 0.675. The van der Waals surface area contributed by atoms with Crippen LogP contribution in [0.2, 0.25) is 0 Å². The lowest BCUT2D eigenvalue weighted by atomic mass is 10.1. The van der Waals surface area contributed by atoms with E-state index in [2.05, 4.69) is 5.16 Å². The highest BCUT2D eigenvalue weighted by Gasteiger charge is 2.18. The number of aryl methyl sites for hydroxylation is 2. The van der Waals surface area contributed by atoms with Gasteiger partial charge in [-0.05, 0) is 6.42 Å². The first kappa shape index (κ1) is 9.55. The molecular weight excluding hydrogens is 178 g/mol. The van der Waals surface area contributed by atoms with Gasteiger partial charge in [0, 0.05) is 6.42 Å². The molecule has 0 aliphatic heterocycles. The number of rotatable bonds is 3. The van der Waals surface area contributed by atoms with Crippen molar-refractivity contribution in [1.29, 1.82) is 0 Å². The summed E-state index contributed by atoms with van der Waals surface area (Å²) in [6.45, 7) is 3.88. The van der Waals surface area contributed by atoms with Crippen LogP contribution < -0.4 is 0 Å². The third-order valence-corrected chi connectivity index (χ3v) is 1.99. The normalized spacial score (nSPS) is 13.3. The maximum absolute atomic E-state index is 9.20. The zero-order chi connectivity index (χ0) is 9.14. The van der Waals surface area contributed by atoms with E-state index in [0.717, 1.165) is 12.1 Å². The van der Waals surface area contributed by atoms with Crippen molar-refractivity contribution < 1.29 is 9.63 Å². The number of alkyl halides is 1. The number of halogens is 1. The minimum atomic E-state index is -0.999. The molecule has 0 radical (unpaired) electrons. The molecule has 12 heavy (non-hydrogen) atoms. The summed E-state index contributed by atoms with van der Waals surface area (Å²) in [5, 5.41) is 13.0. The van der Waals surface area contributed by atoms with E-state index in [9.17, 15) is 5.11 Å². The lowest BCUT2D eigenvalue weighted by Crippen LogP contribution is -1.95. The van der Waals surface area contributed by atoms with E-state index in [4.69, 9.17) is 16.1 Å². The molecule has 4 heteroatoms. The van der Waals surface area contributed by atoms with Crippen LogP contribution in [0.25, 0.3) is 0 Å². The zero-order valence-electron chi connectivity index (χ0n) is 7.17. The molecule has 1 rings (SSSR count). The van der Waals surface area contributed by atoms with E-state index in [1.165, 1.54) is 0 Å². The van der Waals surface area contributed by atoms with Crippen molar-refractivity contribution in [2.75, 3.05) is 0 Å². The molecule has 1 heterocycles. The van der Waals surface area contributed by atoms with Crippen molar-refractivity contribution in [1.82, 2.24) is 5.16 Å². The molecule has 0 amide bonds. The summed E-state index contributed by atoms with van der Waals surface area (Å²) in [5.41, 5.74) is 0.386. The smallest absolute Gasteiger partial charge is 0.158 e. The van der Waals surface area contributed by atoms with Crippen LogP contribution in [-0.2, 0) is 12.8 Å². The monoisotopic (exact) mass is 189 g/mol. The zero-order valence-corrected chi connectivity index (χ0v) is 7.93. The van der Waals surface area contributed by atoms with E-state index in [1.54, 1.807) is 0 Å². The molecular formula is C8H12ClNO2. The van der Waals surface area contributed by atoms with Crippen molar-refractivity contribution in [2.45, 2.75) is 32.3 Å². The van der Waals surface area contributed by atoms with E-state index < -0.39 is 5.56 Å². The summed E-state index contributed by atoms with van der Waals surface area (Å²) < 4.78 is 5.00. The van der Waals surface area contributed by atoms with Gasteiger partial charge in [0.2, 0.25) is 0 Å². The van der Waals surface area contributed by atoms with Gasteiger partial charge in [-0.2, -0.15) is 0 Å². The molecule has 1 atom stereocenters. The van der Waals surface area contributed by atoms with Crippen LogP contribution in [0.15, 0.2) is 4.52 Å². The van der Waals surface area contributed by atoms with Crippen molar-refractivity contribution in [2.24, 2.45) is 0 Å². The fourth-order valence-corrected chi connectivity index (χ4v) is 1.40. The maximum Gasteiger partial charge on any atom is 0.158 e. The van der Waals surface area contributed by atoms with Crippen molar-refractivity contribution in [3.63, 3.8) is 0 Å². The lowest BCUT2D eigenvalue weighted by molar-refractivity contribution is 0.258. The Hall–Kier alpha value is -0.540. The van der Waals surface area contributed by atoms with Crippen LogP contribution in [0.5, 0.6) is 0 Å². The second-order valence-electron chi connectivity index (χ2n) is 2.51. The van der Waals surface area contributed by atoms with E-state index in [0.29, 0.717) is 17.7 Å². The van der Waals surface area contributed by atoms with Crippen LogP contribution in [-0.4, -0.2) is 10.3 Å². The summed E-state index contributed by atoms with van der Waals surface area (Å²) in [7, 11) is 0. The molecule has 0 fully saturated rings. The van der Waals surface area contributed by atoms with Gasteiger partial charge >= 0.3 is 0 Å². The Morgan fingerprint density at radius 2 is 2.17 bits per heavy atom. The Balaban J connectivity index is 3.07. The van der Waals surface area contributed by atoms with Gasteiger partial charge in [0.1, 0.15) is 5.76 Å². The molecule has 0 aromatic carbocycles. The number of hydrogen-bond acceptors (Lipinski definition) is 3. The van der Waals surface area contributed by atoms with E-state index >= 15 is 0 Å². The Bertz CT molecular complexity index is 236. The largest absolute Gasteiger partial charge is 0.373 e. The highest BCUT2D eigenvalue weighted by atomic mass is 35.5. The fraction of sp³-hybridized carbons (Fsp3) is 0.625. The van der Waals surface area contributed by atoms with Gasteiger partial charge in [-0.25, -0.2) is 0 Å². The quantitative estimate of drug-likeness (QED) is 0.741. The first-order valence-electron chi connectivity index (χ1n) is 4.00. The molecule has 1 N–H and O–H groups in total. The van der Waals surface area contributed by atoms with Gasteiger partial charge in [-0.3, -0.25) is 0 Å². The predicted octanol–water partition coefficient (Wildman–Crippen LogP) is 2.03. The van der Waals surface area contributed by atoms with Crippen molar-refractivity contribution >= 4 is 11.6 Å². The lowest BCUT2D eigenvalue weighted by Gasteiger charge is -2.01. The van der Waals surface area contributed by atoms with Crippen molar-refractivity contribution in [3.05, 3.63) is 17.0 Å². The highest BCUT2D eigenvalue weighted by molar-refractivity contribution is 6.19. The topological polar surface area (TPSA) is 46.3 Å². The fourth-order valence-electron chi connectivity index (χ4n) is 1.15. The van der Waals surface area contributed by atoms with Crippen LogP contribution in [0, 0.1) is 0 Å². The molecule has 0 saturated carbocycles. The number of hydrogen-bond donors (Lipinski definition) is 1. The molecule has 1 aromatic rings. The Morgan fingerprint density at radius 1 is 1.50 bits per heavy atom. The minimum absolute atomic E-state index is 0.640. The molecule has 0 saturated heterocycles. The third-order valence-electron chi connectivity index (χ3n) is 1.77. The number of aromatic nitrogens is 1. The van der Waals surface area contributed by atoms with Gasteiger partial charge in [-0.15, -0.1) is 0 Å². The molecule has 0 aliphatic rings. The van der Waals surface area contributed by atoms with Gasteiger partial charge in [0.05, 0.1) is 11.3 Å². The van der Waals surface area contributed by atoms with Crippen LogP contribution in [0.4, 0.5) is 0 Å². The number of nitrogens with zero attached hydrogens (tertiary/aromatic N) is 1.